The number of carbonyl (C=O) groups excluding carboxylic acids is 1. The predicted octanol–water partition coefficient (Wildman–Crippen LogP) is 4.49. The first-order valence-electron chi connectivity index (χ1n) is 11.2. The molecule has 4 rings (SSSR count). The van der Waals surface area contributed by atoms with E-state index in [1.807, 2.05) is 24.3 Å². The largest absolute Gasteiger partial charge is 0.497 e. The van der Waals surface area contributed by atoms with Crippen molar-refractivity contribution in [2.75, 3.05) is 30.4 Å². The lowest BCUT2D eigenvalue weighted by Gasteiger charge is -2.34. The number of piperidine rings is 1. The molecular formula is C25H31N5O2. The smallest absolute Gasteiger partial charge is 0.319 e. The predicted molar refractivity (Wildman–Crippen MR) is 128 cm³/mol. The van der Waals surface area contributed by atoms with Crippen LogP contribution in [0.25, 0.3) is 6.08 Å². The second-order valence-corrected chi connectivity index (χ2v) is 8.55. The lowest BCUT2D eigenvalue weighted by atomic mass is 10.0. The maximum absolute atomic E-state index is 12.5. The molecule has 0 bridgehead atoms. The van der Waals surface area contributed by atoms with Crippen LogP contribution >= 0.6 is 0 Å². The highest BCUT2D eigenvalue weighted by atomic mass is 16.5. The van der Waals surface area contributed by atoms with Crippen LogP contribution in [-0.4, -0.2) is 42.2 Å². The summed E-state index contributed by atoms with van der Waals surface area (Å²) in [6.45, 7) is 5.99. The van der Waals surface area contributed by atoms with Crippen LogP contribution in [0.4, 0.5) is 16.3 Å². The quantitative estimate of drug-likeness (QED) is 0.726. The van der Waals surface area contributed by atoms with E-state index in [0.717, 1.165) is 60.9 Å². The van der Waals surface area contributed by atoms with E-state index in [1.54, 1.807) is 13.4 Å². The monoisotopic (exact) mass is 433 g/mol. The molecular weight excluding hydrogens is 402 g/mol. The highest BCUT2D eigenvalue weighted by Crippen LogP contribution is 2.27. The molecule has 0 saturated carbocycles. The van der Waals surface area contributed by atoms with Gasteiger partial charge in [-0.3, -0.25) is 0 Å². The molecule has 2 aliphatic rings. The van der Waals surface area contributed by atoms with Crippen molar-refractivity contribution in [2.24, 2.45) is 0 Å². The van der Waals surface area contributed by atoms with Crippen LogP contribution in [0.3, 0.4) is 0 Å². The number of ether oxygens (including phenoxy) is 1. The molecule has 0 unspecified atom stereocenters. The first kappa shape index (κ1) is 21.9. The molecule has 0 atom stereocenters. The summed E-state index contributed by atoms with van der Waals surface area (Å²) in [4.78, 5) is 23.8. The van der Waals surface area contributed by atoms with E-state index in [4.69, 9.17) is 4.74 Å². The first-order chi connectivity index (χ1) is 15.5. The third-order valence-electron chi connectivity index (χ3n) is 6.07. The third-order valence-corrected chi connectivity index (χ3v) is 6.07. The minimum Gasteiger partial charge on any atom is -0.497 e. The molecule has 2 amide bonds. The molecule has 1 aliphatic carbocycles. The van der Waals surface area contributed by atoms with Gasteiger partial charge in [0, 0.05) is 36.8 Å². The molecule has 2 aromatic rings. The second kappa shape index (κ2) is 9.85. The molecule has 2 N–H and O–H groups in total. The summed E-state index contributed by atoms with van der Waals surface area (Å²) in [6, 6.07) is 8.01. The number of nitrogens with one attached hydrogen (secondary N) is 2. The van der Waals surface area contributed by atoms with Crippen molar-refractivity contribution in [3.05, 3.63) is 65.3 Å². The van der Waals surface area contributed by atoms with Crippen molar-refractivity contribution in [2.45, 2.75) is 45.1 Å². The molecule has 7 heteroatoms. The van der Waals surface area contributed by atoms with Crippen LogP contribution in [0.1, 0.15) is 49.4 Å². The minimum atomic E-state index is -0.154. The highest BCUT2D eigenvalue weighted by molar-refractivity contribution is 5.89. The number of methoxy groups -OCH3 is 1. The van der Waals surface area contributed by atoms with Gasteiger partial charge in [0.1, 0.15) is 17.9 Å². The van der Waals surface area contributed by atoms with E-state index < -0.39 is 0 Å². The van der Waals surface area contributed by atoms with Crippen molar-refractivity contribution in [3.63, 3.8) is 0 Å². The lowest BCUT2D eigenvalue weighted by molar-refractivity contribution is 0.246. The van der Waals surface area contributed by atoms with Crippen molar-refractivity contribution in [3.8, 4) is 0 Å². The Labute approximate surface area is 189 Å². The van der Waals surface area contributed by atoms with Gasteiger partial charge in [0.15, 0.2) is 0 Å². The van der Waals surface area contributed by atoms with Gasteiger partial charge < -0.3 is 20.3 Å². The normalized spacial score (nSPS) is 16.2. The Hall–Kier alpha value is -3.35. The number of benzene rings is 1. The van der Waals surface area contributed by atoms with Crippen LogP contribution in [0.2, 0.25) is 0 Å². The maximum Gasteiger partial charge on any atom is 0.319 e. The molecule has 0 spiro atoms. The Bertz CT molecular complexity index is 1010. The van der Waals surface area contributed by atoms with Crippen molar-refractivity contribution < 1.29 is 9.53 Å². The van der Waals surface area contributed by atoms with E-state index >= 15 is 0 Å². The topological polar surface area (TPSA) is 79.4 Å². The summed E-state index contributed by atoms with van der Waals surface area (Å²) < 4.78 is 5.36. The zero-order valence-electron chi connectivity index (χ0n) is 19.0. The Kier molecular flexibility index (Phi) is 6.73. The fraction of sp³-hybridized carbons (Fsp3) is 0.400. The molecule has 1 aliphatic heterocycles. The number of hydrogen-bond donors (Lipinski definition) is 2. The summed E-state index contributed by atoms with van der Waals surface area (Å²) in [5, 5.41) is 6.06. The molecule has 2 heterocycles. The Morgan fingerprint density at radius 1 is 1.12 bits per heavy atom. The second-order valence-electron chi connectivity index (χ2n) is 8.55. The van der Waals surface area contributed by atoms with Crippen molar-refractivity contribution in [1.29, 1.82) is 0 Å². The highest BCUT2D eigenvalue weighted by Gasteiger charge is 2.24. The molecule has 1 aromatic heterocycles. The van der Waals surface area contributed by atoms with E-state index in [1.165, 1.54) is 5.56 Å². The fourth-order valence-corrected chi connectivity index (χ4v) is 4.15. The van der Waals surface area contributed by atoms with Crippen molar-refractivity contribution >= 4 is 23.6 Å². The number of amides is 2. The van der Waals surface area contributed by atoms with Gasteiger partial charge >= 0.3 is 6.03 Å². The Balaban J connectivity index is 1.33. The van der Waals surface area contributed by atoms with Crippen LogP contribution in [0.15, 0.2) is 48.5 Å². The Morgan fingerprint density at radius 3 is 2.56 bits per heavy atom. The zero-order valence-corrected chi connectivity index (χ0v) is 19.0. The van der Waals surface area contributed by atoms with Crippen LogP contribution in [-0.2, 0) is 11.2 Å². The molecule has 1 aromatic carbocycles. The first-order valence-corrected chi connectivity index (χ1v) is 11.2. The Morgan fingerprint density at radius 2 is 1.88 bits per heavy atom. The van der Waals surface area contributed by atoms with Gasteiger partial charge in [-0.15, -0.1) is 0 Å². The molecule has 1 saturated heterocycles. The van der Waals surface area contributed by atoms with Crippen LogP contribution in [0, 0.1) is 0 Å². The number of urea groups is 1. The van der Waals surface area contributed by atoms with E-state index in [9.17, 15) is 4.79 Å². The van der Waals surface area contributed by atoms with Gasteiger partial charge in [-0.1, -0.05) is 26.0 Å². The number of nitrogens with zero attached hydrogens (tertiary/aromatic N) is 3. The average molecular weight is 434 g/mol. The number of allylic oxidation sites excluding steroid dienone is 2. The van der Waals surface area contributed by atoms with Gasteiger partial charge in [-0.25, -0.2) is 14.8 Å². The zero-order chi connectivity index (χ0) is 22.5. The van der Waals surface area contributed by atoms with E-state index in [2.05, 4.69) is 57.6 Å². The average Bonchev–Trinajstić information content (AvgIpc) is 3.02. The lowest BCUT2D eigenvalue weighted by Crippen LogP contribution is -2.46. The number of fused-ring (bicyclic) bond motifs is 1. The number of rotatable bonds is 5. The van der Waals surface area contributed by atoms with Crippen LogP contribution in [0.5, 0.6) is 0 Å². The molecule has 168 valence electrons. The molecule has 32 heavy (non-hydrogen) atoms. The van der Waals surface area contributed by atoms with Crippen LogP contribution < -0.4 is 15.5 Å². The van der Waals surface area contributed by atoms with Crippen molar-refractivity contribution in [1.82, 2.24) is 15.3 Å². The van der Waals surface area contributed by atoms with E-state index in [0.29, 0.717) is 5.92 Å². The number of aromatic nitrogens is 2. The SMILES string of the molecule is COC1=CCc2c(ncnc2N2CCC(NC(=O)Nc3ccc(C(C)C)cc3)CC2)C=C1. The van der Waals surface area contributed by atoms with Gasteiger partial charge in [-0.2, -0.15) is 0 Å². The summed E-state index contributed by atoms with van der Waals surface area (Å²) >= 11 is 0. The molecule has 1 fully saturated rings. The molecule has 0 radical (unpaired) electrons. The summed E-state index contributed by atoms with van der Waals surface area (Å²) in [7, 11) is 1.67. The summed E-state index contributed by atoms with van der Waals surface area (Å²) in [6.07, 6.45) is 10.1. The number of carbonyl (C=O) groups is 1. The van der Waals surface area contributed by atoms with Gasteiger partial charge in [0.25, 0.3) is 0 Å². The van der Waals surface area contributed by atoms with Gasteiger partial charge in [0.05, 0.1) is 12.8 Å². The summed E-state index contributed by atoms with van der Waals surface area (Å²) in [5.74, 6) is 2.28. The standard InChI is InChI=1S/C25H31N5O2/c1-17(2)18-4-6-19(7-5-18)28-25(31)29-20-12-14-30(15-13-20)24-22-10-8-21(32-3)9-11-23(22)26-16-27-24/h4-9,11,16-17,20H,10,12-15H2,1-3H3,(H2,28,29,31). The third kappa shape index (κ3) is 5.10. The maximum atomic E-state index is 12.5. The molecule has 7 nitrogen and oxygen atoms in total. The van der Waals surface area contributed by atoms with Gasteiger partial charge in [-0.05, 0) is 54.7 Å². The fourth-order valence-electron chi connectivity index (χ4n) is 4.15. The number of anilines is 2. The van der Waals surface area contributed by atoms with E-state index in [-0.39, 0.29) is 12.1 Å². The number of hydrogen-bond acceptors (Lipinski definition) is 5. The minimum absolute atomic E-state index is 0.140. The van der Waals surface area contributed by atoms with Gasteiger partial charge in [0.2, 0.25) is 0 Å². The summed E-state index contributed by atoms with van der Waals surface area (Å²) in [5.41, 5.74) is 4.12.